The van der Waals surface area contributed by atoms with Crippen molar-refractivity contribution in [2.75, 3.05) is 13.7 Å². The van der Waals surface area contributed by atoms with Gasteiger partial charge in [-0.05, 0) is 94.0 Å². The molecule has 0 N–H and O–H groups in total. The predicted molar refractivity (Wildman–Crippen MR) is 164 cm³/mol. The van der Waals surface area contributed by atoms with Crippen LogP contribution >= 0.6 is 33.9 Å². The third-order valence-electron chi connectivity index (χ3n) is 6.00. The van der Waals surface area contributed by atoms with Gasteiger partial charge in [0.25, 0.3) is 5.56 Å². The quantitative estimate of drug-likeness (QED) is 0.235. The maximum atomic E-state index is 14.0. The van der Waals surface area contributed by atoms with Gasteiger partial charge in [-0.1, -0.05) is 29.5 Å². The molecule has 0 saturated heterocycles. The number of para-hydroxylation sites is 1. The maximum Gasteiger partial charge on any atom is 0.338 e. The zero-order valence-corrected chi connectivity index (χ0v) is 26.6. The second-order valence-electron chi connectivity index (χ2n) is 9.71. The topological polar surface area (TPSA) is 88.4 Å². The molecule has 2 aromatic carbocycles. The minimum atomic E-state index is -0.760. The summed E-state index contributed by atoms with van der Waals surface area (Å²) in [5.41, 5.74) is 2.02. The first-order valence-electron chi connectivity index (χ1n) is 13.0. The number of rotatable bonds is 9. The molecule has 2 heterocycles. The van der Waals surface area contributed by atoms with Crippen LogP contribution in [-0.2, 0) is 9.53 Å². The summed E-state index contributed by atoms with van der Waals surface area (Å²) in [4.78, 5) is 32.4. The minimum absolute atomic E-state index is 0.0173. The number of allylic oxidation sites excluding steroid dienone is 1. The summed E-state index contributed by atoms with van der Waals surface area (Å²) in [5.74, 6) is 1.32. The van der Waals surface area contributed by atoms with Gasteiger partial charge < -0.3 is 18.9 Å². The van der Waals surface area contributed by atoms with E-state index in [1.54, 1.807) is 25.5 Å². The number of halogens is 1. The summed E-state index contributed by atoms with van der Waals surface area (Å²) in [6.45, 7) is 11.5. The van der Waals surface area contributed by atoms with E-state index in [1.807, 2.05) is 70.2 Å². The van der Waals surface area contributed by atoms with Crippen LogP contribution in [0.25, 0.3) is 6.08 Å². The van der Waals surface area contributed by atoms with Crippen molar-refractivity contribution in [2.45, 2.75) is 59.8 Å². The third-order valence-corrected chi connectivity index (χ3v) is 7.78. The number of ether oxygens (including phenoxy) is 4. The van der Waals surface area contributed by atoms with Gasteiger partial charge in [-0.25, -0.2) is 9.79 Å². The SMILES string of the molecule is CCOC(=O)C1=C(C)N=c2s/c(=C\c3cc(I)c(OC(C)C)c(OC)c3)c(=O)n2[C@H]1c1ccccc1OC(C)C. The van der Waals surface area contributed by atoms with Crippen molar-refractivity contribution in [1.82, 2.24) is 4.57 Å². The molecule has 10 heteroatoms. The molecule has 0 saturated carbocycles. The van der Waals surface area contributed by atoms with E-state index in [1.165, 1.54) is 11.3 Å². The first kappa shape index (κ1) is 29.9. The van der Waals surface area contributed by atoms with Crippen LogP contribution in [0.1, 0.15) is 58.7 Å². The summed E-state index contributed by atoms with van der Waals surface area (Å²) < 4.78 is 26.0. The van der Waals surface area contributed by atoms with E-state index in [9.17, 15) is 9.59 Å². The van der Waals surface area contributed by atoms with Crippen molar-refractivity contribution in [3.8, 4) is 17.2 Å². The number of carbonyl (C=O) groups excluding carboxylic acids is 1. The van der Waals surface area contributed by atoms with Crippen LogP contribution in [0.5, 0.6) is 17.2 Å². The van der Waals surface area contributed by atoms with E-state index in [2.05, 4.69) is 27.6 Å². The highest BCUT2D eigenvalue weighted by Crippen LogP contribution is 2.37. The van der Waals surface area contributed by atoms with Gasteiger partial charge in [0.1, 0.15) is 11.8 Å². The Kier molecular flexibility index (Phi) is 9.40. The molecule has 0 bridgehead atoms. The second kappa shape index (κ2) is 12.6. The van der Waals surface area contributed by atoms with E-state index >= 15 is 0 Å². The number of benzene rings is 2. The highest BCUT2D eigenvalue weighted by molar-refractivity contribution is 14.1. The number of hydrogen-bond donors (Lipinski definition) is 0. The van der Waals surface area contributed by atoms with E-state index in [0.29, 0.717) is 43.4 Å². The first-order chi connectivity index (χ1) is 19.0. The van der Waals surface area contributed by atoms with Crippen LogP contribution in [0.15, 0.2) is 57.5 Å². The fourth-order valence-corrected chi connectivity index (χ4v) is 6.28. The molecule has 212 valence electrons. The maximum absolute atomic E-state index is 14.0. The molecule has 0 fully saturated rings. The van der Waals surface area contributed by atoms with Gasteiger partial charge >= 0.3 is 5.97 Å². The molecule has 0 aliphatic carbocycles. The number of nitrogens with zero attached hydrogens (tertiary/aromatic N) is 2. The van der Waals surface area contributed by atoms with Crippen LogP contribution in [0.2, 0.25) is 0 Å². The lowest BCUT2D eigenvalue weighted by atomic mass is 9.95. The van der Waals surface area contributed by atoms with Crippen LogP contribution in [0, 0.1) is 3.57 Å². The Morgan fingerprint density at radius 2 is 1.82 bits per heavy atom. The number of aromatic nitrogens is 1. The average Bonchev–Trinajstić information content (AvgIpc) is 3.18. The van der Waals surface area contributed by atoms with Gasteiger partial charge in [-0.2, -0.15) is 0 Å². The summed E-state index contributed by atoms with van der Waals surface area (Å²) in [5, 5.41) is 0. The second-order valence-corrected chi connectivity index (χ2v) is 11.9. The van der Waals surface area contributed by atoms with Crippen LogP contribution in [0.3, 0.4) is 0 Å². The Bertz CT molecular complexity index is 1640. The van der Waals surface area contributed by atoms with Crippen molar-refractivity contribution in [3.05, 3.63) is 82.1 Å². The molecule has 3 aromatic rings. The molecule has 0 spiro atoms. The Morgan fingerprint density at radius 3 is 2.48 bits per heavy atom. The number of esters is 1. The molecule has 1 atom stereocenters. The van der Waals surface area contributed by atoms with Gasteiger partial charge in [-0.15, -0.1) is 0 Å². The Hall–Kier alpha value is -3.12. The number of fused-ring (bicyclic) bond motifs is 1. The molecule has 1 aliphatic heterocycles. The summed E-state index contributed by atoms with van der Waals surface area (Å²) in [7, 11) is 1.59. The van der Waals surface area contributed by atoms with E-state index < -0.39 is 12.0 Å². The molecule has 0 radical (unpaired) electrons. The molecule has 0 amide bonds. The zero-order chi connectivity index (χ0) is 29.1. The number of carbonyl (C=O) groups is 1. The molecular formula is C30H33IN2O6S. The summed E-state index contributed by atoms with van der Waals surface area (Å²) in [6.07, 6.45) is 1.69. The van der Waals surface area contributed by atoms with E-state index in [-0.39, 0.29) is 24.4 Å². The number of methoxy groups -OCH3 is 1. The van der Waals surface area contributed by atoms with Crippen molar-refractivity contribution in [2.24, 2.45) is 4.99 Å². The number of hydrogen-bond acceptors (Lipinski definition) is 8. The Morgan fingerprint density at radius 1 is 1.12 bits per heavy atom. The Labute approximate surface area is 251 Å². The standard InChI is InChI=1S/C30H33IN2O6S/c1-8-37-29(35)25-18(6)32-30-33(26(25)20-11-9-10-12-22(20)38-16(2)3)28(34)24(40-30)15-19-13-21(31)27(39-17(4)5)23(14-19)36-7/h9-17,26H,8H2,1-7H3/b24-15-/t26-/m0/s1. The van der Waals surface area contributed by atoms with Gasteiger partial charge in [0.05, 0.1) is 45.3 Å². The lowest BCUT2D eigenvalue weighted by Gasteiger charge is -2.26. The molecule has 40 heavy (non-hydrogen) atoms. The van der Waals surface area contributed by atoms with Crippen LogP contribution in [-0.4, -0.2) is 36.5 Å². The number of thiazole rings is 1. The van der Waals surface area contributed by atoms with Gasteiger partial charge in [0.2, 0.25) is 0 Å². The first-order valence-corrected chi connectivity index (χ1v) is 14.9. The largest absolute Gasteiger partial charge is 0.493 e. The van der Waals surface area contributed by atoms with Gasteiger partial charge in [0.15, 0.2) is 16.3 Å². The van der Waals surface area contributed by atoms with Crippen LogP contribution < -0.4 is 29.1 Å². The van der Waals surface area contributed by atoms with Crippen LogP contribution in [0.4, 0.5) is 0 Å². The predicted octanol–water partition coefficient (Wildman–Crippen LogP) is 4.99. The van der Waals surface area contributed by atoms with Gasteiger partial charge in [0, 0.05) is 5.56 Å². The van der Waals surface area contributed by atoms with Crippen molar-refractivity contribution < 1.29 is 23.7 Å². The zero-order valence-electron chi connectivity index (χ0n) is 23.6. The highest BCUT2D eigenvalue weighted by atomic mass is 127. The van der Waals surface area contributed by atoms with Crippen molar-refractivity contribution >= 4 is 46.0 Å². The molecule has 1 aromatic heterocycles. The van der Waals surface area contributed by atoms with Gasteiger partial charge in [-0.3, -0.25) is 9.36 Å². The fraction of sp³-hybridized carbons (Fsp3) is 0.367. The van der Waals surface area contributed by atoms with E-state index in [0.717, 1.165) is 9.13 Å². The molecule has 0 unspecified atom stereocenters. The molecular weight excluding hydrogens is 643 g/mol. The Balaban J connectivity index is 1.95. The minimum Gasteiger partial charge on any atom is -0.493 e. The molecule has 4 rings (SSSR count). The monoisotopic (exact) mass is 676 g/mol. The summed E-state index contributed by atoms with van der Waals surface area (Å²) in [6, 6.07) is 10.5. The van der Waals surface area contributed by atoms with Crippen molar-refractivity contribution in [3.63, 3.8) is 0 Å². The van der Waals surface area contributed by atoms with Crippen molar-refractivity contribution in [1.29, 1.82) is 0 Å². The van der Waals surface area contributed by atoms with E-state index in [4.69, 9.17) is 18.9 Å². The normalized spacial score (nSPS) is 15.2. The third kappa shape index (κ3) is 6.12. The average molecular weight is 677 g/mol. The molecule has 8 nitrogen and oxygen atoms in total. The fourth-order valence-electron chi connectivity index (χ4n) is 4.48. The highest BCUT2D eigenvalue weighted by Gasteiger charge is 2.35. The lowest BCUT2D eigenvalue weighted by molar-refractivity contribution is -0.139. The smallest absolute Gasteiger partial charge is 0.338 e. The lowest BCUT2D eigenvalue weighted by Crippen LogP contribution is -2.40. The summed E-state index contributed by atoms with van der Waals surface area (Å²) >= 11 is 3.47. The molecule has 1 aliphatic rings.